The number of ether oxygens (including phenoxy) is 1. The van der Waals surface area contributed by atoms with Gasteiger partial charge in [0, 0.05) is 24.2 Å². The van der Waals surface area contributed by atoms with Crippen LogP contribution in [0.15, 0.2) is 33.3 Å². The lowest BCUT2D eigenvalue weighted by atomic mass is 10.2. The monoisotopic (exact) mass is 411 g/mol. The Bertz CT molecular complexity index is 1000. The van der Waals surface area contributed by atoms with Crippen molar-refractivity contribution in [2.24, 2.45) is 5.73 Å². The summed E-state index contributed by atoms with van der Waals surface area (Å²) in [7, 11) is -3.65. The highest BCUT2D eigenvalue weighted by Gasteiger charge is 2.28. The number of hydrogen-bond acceptors (Lipinski definition) is 6. The average Bonchev–Trinajstić information content (AvgIpc) is 3.27. The number of benzene rings is 1. The number of primary amides is 1. The van der Waals surface area contributed by atoms with Crippen molar-refractivity contribution in [3.05, 3.63) is 44.5 Å². The molecule has 0 atom stereocenters. The number of aryl methyl sites for hydroxylation is 1. The Balaban J connectivity index is 1.80. The van der Waals surface area contributed by atoms with E-state index in [0.717, 1.165) is 29.9 Å². The molecular formula is C17H21N3O5S2. The minimum Gasteiger partial charge on any atom is -0.491 e. The van der Waals surface area contributed by atoms with Gasteiger partial charge in [-0.3, -0.25) is 14.2 Å². The third kappa shape index (κ3) is 4.07. The van der Waals surface area contributed by atoms with Gasteiger partial charge >= 0.3 is 4.87 Å². The molecule has 0 aliphatic carbocycles. The molecule has 0 radical (unpaired) electrons. The van der Waals surface area contributed by atoms with Crippen LogP contribution >= 0.6 is 11.3 Å². The number of hydrogen-bond donors (Lipinski definition) is 1. The van der Waals surface area contributed by atoms with E-state index in [2.05, 4.69) is 0 Å². The summed E-state index contributed by atoms with van der Waals surface area (Å²) in [5.41, 5.74) is 6.25. The molecule has 1 aromatic carbocycles. The minimum atomic E-state index is -3.65. The lowest BCUT2D eigenvalue weighted by Crippen LogP contribution is -2.28. The Labute approximate surface area is 161 Å². The predicted molar refractivity (Wildman–Crippen MR) is 102 cm³/mol. The number of amides is 1. The molecule has 146 valence electrons. The molecule has 8 nitrogen and oxygen atoms in total. The molecule has 1 aliphatic rings. The number of sulfonamides is 1. The van der Waals surface area contributed by atoms with E-state index in [1.54, 1.807) is 9.95 Å². The SMILES string of the molecule is Cc1csc(=O)n1CCOc1ccc(S(=O)(=O)N2CCCC2)cc1C(N)=O. The van der Waals surface area contributed by atoms with Gasteiger partial charge in [0.15, 0.2) is 0 Å². The van der Waals surface area contributed by atoms with Crippen LogP contribution in [-0.2, 0) is 16.6 Å². The number of carbonyl (C=O) groups excluding carboxylic acids is 1. The highest BCUT2D eigenvalue weighted by atomic mass is 32.2. The zero-order valence-electron chi connectivity index (χ0n) is 14.9. The number of thiazole rings is 1. The van der Waals surface area contributed by atoms with Gasteiger partial charge < -0.3 is 10.5 Å². The van der Waals surface area contributed by atoms with E-state index in [1.807, 2.05) is 6.92 Å². The standard InChI is InChI=1S/C17H21N3O5S2/c1-12-11-26-17(22)20(12)8-9-25-15-5-4-13(10-14(15)16(18)21)27(23,24)19-6-2-3-7-19/h4-5,10-11H,2-3,6-9H2,1H3,(H2,18,21). The molecule has 0 bridgehead atoms. The second-order valence-electron chi connectivity index (χ2n) is 6.28. The van der Waals surface area contributed by atoms with Crippen molar-refractivity contribution in [2.45, 2.75) is 31.2 Å². The highest BCUT2D eigenvalue weighted by molar-refractivity contribution is 7.89. The normalized spacial score (nSPS) is 15.1. The van der Waals surface area contributed by atoms with Crippen LogP contribution in [0.4, 0.5) is 0 Å². The molecule has 1 aromatic heterocycles. The molecule has 2 aromatic rings. The summed E-state index contributed by atoms with van der Waals surface area (Å²) < 4.78 is 33.9. The van der Waals surface area contributed by atoms with Crippen molar-refractivity contribution in [3.63, 3.8) is 0 Å². The second-order valence-corrected chi connectivity index (χ2v) is 9.04. The van der Waals surface area contributed by atoms with Crippen molar-refractivity contribution < 1.29 is 17.9 Å². The molecule has 0 saturated carbocycles. The van der Waals surface area contributed by atoms with Crippen LogP contribution in [-0.4, -0.2) is 42.9 Å². The van der Waals surface area contributed by atoms with Crippen LogP contribution in [0.3, 0.4) is 0 Å². The maximum Gasteiger partial charge on any atom is 0.307 e. The molecule has 2 N–H and O–H groups in total. The number of nitrogens with two attached hydrogens (primary N) is 1. The van der Waals surface area contributed by atoms with Crippen molar-refractivity contribution in [3.8, 4) is 5.75 Å². The first kappa shape index (κ1) is 19.6. The molecule has 1 fully saturated rings. The Kier molecular flexibility index (Phi) is 5.68. The van der Waals surface area contributed by atoms with Gasteiger partial charge in [-0.25, -0.2) is 8.42 Å². The molecule has 0 unspecified atom stereocenters. The number of nitrogens with zero attached hydrogens (tertiary/aromatic N) is 2. The van der Waals surface area contributed by atoms with Crippen molar-refractivity contribution in [1.29, 1.82) is 0 Å². The van der Waals surface area contributed by atoms with Gasteiger partial charge in [-0.15, -0.1) is 0 Å². The lowest BCUT2D eigenvalue weighted by Gasteiger charge is -2.17. The molecular weight excluding hydrogens is 390 g/mol. The van der Waals surface area contributed by atoms with Crippen LogP contribution in [0.2, 0.25) is 0 Å². The zero-order valence-corrected chi connectivity index (χ0v) is 16.5. The fourth-order valence-corrected chi connectivity index (χ4v) is 5.29. The van der Waals surface area contributed by atoms with E-state index in [9.17, 15) is 18.0 Å². The summed E-state index contributed by atoms with van der Waals surface area (Å²) in [4.78, 5) is 23.5. The van der Waals surface area contributed by atoms with Gasteiger partial charge in [0.05, 0.1) is 17.0 Å². The van der Waals surface area contributed by atoms with E-state index in [1.165, 1.54) is 22.5 Å². The quantitative estimate of drug-likeness (QED) is 0.735. The fraction of sp³-hybridized carbons (Fsp3) is 0.412. The van der Waals surface area contributed by atoms with Crippen molar-refractivity contribution in [2.75, 3.05) is 19.7 Å². The van der Waals surface area contributed by atoms with E-state index in [0.29, 0.717) is 19.6 Å². The first-order chi connectivity index (χ1) is 12.8. The Morgan fingerprint density at radius 3 is 2.59 bits per heavy atom. The van der Waals surface area contributed by atoms with Gasteiger partial charge in [0.2, 0.25) is 10.0 Å². The maximum atomic E-state index is 12.7. The summed E-state index contributed by atoms with van der Waals surface area (Å²) in [6.07, 6.45) is 1.65. The Morgan fingerprint density at radius 2 is 2.00 bits per heavy atom. The molecule has 1 amide bonds. The van der Waals surface area contributed by atoms with E-state index in [-0.39, 0.29) is 27.7 Å². The van der Waals surface area contributed by atoms with Crippen molar-refractivity contribution >= 4 is 27.3 Å². The van der Waals surface area contributed by atoms with Crippen molar-refractivity contribution in [1.82, 2.24) is 8.87 Å². The lowest BCUT2D eigenvalue weighted by molar-refractivity contribution is 0.0996. The summed E-state index contributed by atoms with van der Waals surface area (Å²) in [6.45, 7) is 3.24. The Morgan fingerprint density at radius 1 is 1.30 bits per heavy atom. The third-order valence-corrected chi connectivity index (χ3v) is 7.24. The first-order valence-corrected chi connectivity index (χ1v) is 10.8. The van der Waals surface area contributed by atoms with Crippen LogP contribution in [0.1, 0.15) is 28.9 Å². The number of carbonyl (C=O) groups is 1. The smallest absolute Gasteiger partial charge is 0.307 e. The summed E-state index contributed by atoms with van der Waals surface area (Å²) >= 11 is 1.11. The molecule has 10 heteroatoms. The zero-order chi connectivity index (χ0) is 19.6. The Hall–Kier alpha value is -2.17. The molecule has 1 saturated heterocycles. The van der Waals surface area contributed by atoms with Crippen LogP contribution in [0.5, 0.6) is 5.75 Å². The fourth-order valence-electron chi connectivity index (χ4n) is 2.99. The topological polar surface area (TPSA) is 112 Å². The second kappa shape index (κ2) is 7.83. The molecule has 1 aliphatic heterocycles. The summed E-state index contributed by atoms with van der Waals surface area (Å²) in [6, 6.07) is 4.11. The van der Waals surface area contributed by atoms with E-state index in [4.69, 9.17) is 10.5 Å². The predicted octanol–water partition coefficient (Wildman–Crippen LogP) is 1.18. The number of rotatable bonds is 7. The molecule has 2 heterocycles. The number of aromatic nitrogens is 1. The van der Waals surface area contributed by atoms with Gasteiger partial charge in [-0.1, -0.05) is 11.3 Å². The van der Waals surface area contributed by atoms with Crippen LogP contribution in [0, 0.1) is 6.92 Å². The molecule has 0 spiro atoms. The van der Waals surface area contributed by atoms with Gasteiger partial charge in [-0.2, -0.15) is 4.31 Å². The highest BCUT2D eigenvalue weighted by Crippen LogP contribution is 2.26. The largest absolute Gasteiger partial charge is 0.491 e. The molecule has 3 rings (SSSR count). The average molecular weight is 412 g/mol. The van der Waals surface area contributed by atoms with Gasteiger partial charge in [0.1, 0.15) is 12.4 Å². The first-order valence-electron chi connectivity index (χ1n) is 8.52. The van der Waals surface area contributed by atoms with Gasteiger partial charge in [0.25, 0.3) is 5.91 Å². The van der Waals surface area contributed by atoms with Crippen LogP contribution in [0.25, 0.3) is 0 Å². The van der Waals surface area contributed by atoms with Gasteiger partial charge in [-0.05, 0) is 38.0 Å². The van der Waals surface area contributed by atoms with Crippen LogP contribution < -0.4 is 15.3 Å². The minimum absolute atomic E-state index is 0.00431. The summed E-state index contributed by atoms with van der Waals surface area (Å²) in [5, 5.41) is 1.76. The van der Waals surface area contributed by atoms with E-state index < -0.39 is 15.9 Å². The van der Waals surface area contributed by atoms with E-state index >= 15 is 0 Å². The summed E-state index contributed by atoms with van der Waals surface area (Å²) in [5.74, 6) is -0.573. The molecule has 27 heavy (non-hydrogen) atoms. The third-order valence-electron chi connectivity index (χ3n) is 4.47. The maximum absolute atomic E-state index is 12.7.